The molecule has 126 valence electrons. The highest BCUT2D eigenvalue weighted by atomic mass is 32.2. The minimum atomic E-state index is -3.36. The van der Waals surface area contributed by atoms with Crippen molar-refractivity contribution in [2.24, 2.45) is 0 Å². The Kier molecular flexibility index (Phi) is 4.28. The number of carbonyl (C=O) groups is 1. The quantitative estimate of drug-likeness (QED) is 0.927. The molecule has 1 amide bonds. The second-order valence-corrected chi connectivity index (χ2v) is 7.53. The monoisotopic (exact) mass is 348 g/mol. The van der Waals surface area contributed by atoms with Gasteiger partial charge in [-0.15, -0.1) is 0 Å². The SMILES string of the molecule is CS(=O)(=O)Nc1ccc(C(=O)N2CCCc3cc(F)ccc32)cc1. The van der Waals surface area contributed by atoms with Gasteiger partial charge >= 0.3 is 0 Å². The Morgan fingerprint density at radius 1 is 1.17 bits per heavy atom. The summed E-state index contributed by atoms with van der Waals surface area (Å²) in [5.74, 6) is -0.493. The molecule has 0 radical (unpaired) electrons. The molecule has 2 aromatic rings. The number of benzene rings is 2. The van der Waals surface area contributed by atoms with Gasteiger partial charge in [0, 0.05) is 23.5 Å². The van der Waals surface area contributed by atoms with Gasteiger partial charge in [-0.25, -0.2) is 12.8 Å². The molecule has 24 heavy (non-hydrogen) atoms. The number of carbonyl (C=O) groups excluding carboxylic acids is 1. The Balaban J connectivity index is 1.85. The second kappa shape index (κ2) is 6.24. The summed E-state index contributed by atoms with van der Waals surface area (Å²) in [5, 5.41) is 0. The Bertz CT molecular complexity index is 879. The van der Waals surface area contributed by atoms with Gasteiger partial charge in [0.2, 0.25) is 10.0 Å². The molecule has 0 bridgehead atoms. The van der Waals surface area contributed by atoms with Crippen LogP contribution in [0.25, 0.3) is 0 Å². The van der Waals surface area contributed by atoms with Crippen molar-refractivity contribution in [1.82, 2.24) is 0 Å². The van der Waals surface area contributed by atoms with Crippen molar-refractivity contribution in [1.29, 1.82) is 0 Å². The lowest BCUT2D eigenvalue weighted by molar-refractivity contribution is 0.0985. The number of rotatable bonds is 3. The van der Waals surface area contributed by atoms with E-state index in [0.29, 0.717) is 17.8 Å². The van der Waals surface area contributed by atoms with Crippen molar-refractivity contribution in [3.63, 3.8) is 0 Å². The lowest BCUT2D eigenvalue weighted by Crippen LogP contribution is -2.35. The topological polar surface area (TPSA) is 66.5 Å². The highest BCUT2D eigenvalue weighted by molar-refractivity contribution is 7.92. The fourth-order valence-electron chi connectivity index (χ4n) is 2.83. The van der Waals surface area contributed by atoms with Crippen LogP contribution in [0.2, 0.25) is 0 Å². The van der Waals surface area contributed by atoms with E-state index >= 15 is 0 Å². The van der Waals surface area contributed by atoms with E-state index in [1.165, 1.54) is 12.1 Å². The fraction of sp³-hybridized carbons (Fsp3) is 0.235. The summed E-state index contributed by atoms with van der Waals surface area (Å²) in [7, 11) is -3.36. The molecule has 1 aliphatic rings. The Labute approximate surface area is 140 Å². The first kappa shape index (κ1) is 16.4. The van der Waals surface area contributed by atoms with Crippen molar-refractivity contribution >= 4 is 27.3 Å². The van der Waals surface area contributed by atoms with E-state index in [0.717, 1.165) is 30.3 Å². The van der Waals surface area contributed by atoms with Crippen LogP contribution in [-0.2, 0) is 16.4 Å². The molecular formula is C17H17FN2O3S. The lowest BCUT2D eigenvalue weighted by atomic mass is 10.0. The number of sulfonamides is 1. The van der Waals surface area contributed by atoms with Gasteiger partial charge in [-0.2, -0.15) is 0 Å². The molecule has 0 aliphatic carbocycles. The van der Waals surface area contributed by atoms with E-state index in [1.807, 2.05) is 0 Å². The van der Waals surface area contributed by atoms with Crippen molar-refractivity contribution in [3.8, 4) is 0 Å². The number of hydrogen-bond donors (Lipinski definition) is 1. The number of aryl methyl sites for hydroxylation is 1. The van der Waals surface area contributed by atoms with Crippen molar-refractivity contribution in [3.05, 3.63) is 59.4 Å². The maximum Gasteiger partial charge on any atom is 0.258 e. The van der Waals surface area contributed by atoms with Gasteiger partial charge in [-0.3, -0.25) is 9.52 Å². The smallest absolute Gasteiger partial charge is 0.258 e. The van der Waals surface area contributed by atoms with Crippen LogP contribution in [0.4, 0.5) is 15.8 Å². The van der Waals surface area contributed by atoms with Gasteiger partial charge < -0.3 is 4.90 Å². The van der Waals surface area contributed by atoms with E-state index in [9.17, 15) is 17.6 Å². The average molecular weight is 348 g/mol. The number of amides is 1. The normalized spacial score (nSPS) is 14.2. The summed E-state index contributed by atoms with van der Waals surface area (Å²) in [6.45, 7) is 0.570. The van der Waals surface area contributed by atoms with Gasteiger partial charge in [0.25, 0.3) is 5.91 Å². The van der Waals surface area contributed by atoms with Crippen molar-refractivity contribution in [2.75, 3.05) is 22.4 Å². The van der Waals surface area contributed by atoms with Crippen LogP contribution in [0, 0.1) is 5.82 Å². The van der Waals surface area contributed by atoms with Gasteiger partial charge in [-0.05, 0) is 60.9 Å². The molecule has 0 fully saturated rings. The Morgan fingerprint density at radius 3 is 2.54 bits per heavy atom. The summed E-state index contributed by atoms with van der Waals surface area (Å²) < 4.78 is 38.1. The van der Waals surface area contributed by atoms with Crippen molar-refractivity contribution in [2.45, 2.75) is 12.8 Å². The molecule has 0 unspecified atom stereocenters. The predicted octanol–water partition coefficient (Wildman–Crippen LogP) is 2.79. The third kappa shape index (κ3) is 3.56. The molecule has 0 atom stereocenters. The van der Waals surface area contributed by atoms with Crippen LogP contribution in [0.3, 0.4) is 0 Å². The molecule has 1 aliphatic heterocycles. The zero-order valence-corrected chi connectivity index (χ0v) is 13.9. The fourth-order valence-corrected chi connectivity index (χ4v) is 3.39. The minimum Gasteiger partial charge on any atom is -0.308 e. The third-order valence-corrected chi connectivity index (χ3v) is 4.45. The number of nitrogens with one attached hydrogen (secondary N) is 1. The zero-order chi connectivity index (χ0) is 17.3. The van der Waals surface area contributed by atoms with E-state index in [2.05, 4.69) is 4.72 Å². The highest BCUT2D eigenvalue weighted by Gasteiger charge is 2.23. The molecule has 0 saturated carbocycles. The molecule has 0 spiro atoms. The Morgan fingerprint density at radius 2 is 1.88 bits per heavy atom. The number of hydrogen-bond acceptors (Lipinski definition) is 3. The molecule has 7 heteroatoms. The van der Waals surface area contributed by atoms with Crippen LogP contribution in [-0.4, -0.2) is 27.1 Å². The van der Waals surface area contributed by atoms with Gasteiger partial charge in [0.05, 0.1) is 6.26 Å². The lowest BCUT2D eigenvalue weighted by Gasteiger charge is -2.29. The largest absolute Gasteiger partial charge is 0.308 e. The van der Waals surface area contributed by atoms with Crippen LogP contribution >= 0.6 is 0 Å². The summed E-state index contributed by atoms with van der Waals surface area (Å²) in [6, 6.07) is 10.7. The molecule has 2 aromatic carbocycles. The summed E-state index contributed by atoms with van der Waals surface area (Å²) in [4.78, 5) is 14.4. The number of halogens is 1. The van der Waals surface area contributed by atoms with E-state index in [-0.39, 0.29) is 11.7 Å². The summed E-state index contributed by atoms with van der Waals surface area (Å²) >= 11 is 0. The zero-order valence-electron chi connectivity index (χ0n) is 13.1. The maximum atomic E-state index is 13.4. The van der Waals surface area contributed by atoms with Crippen LogP contribution < -0.4 is 9.62 Å². The molecule has 0 saturated heterocycles. The first-order valence-electron chi connectivity index (χ1n) is 7.52. The van der Waals surface area contributed by atoms with Crippen LogP contribution in [0.1, 0.15) is 22.3 Å². The number of anilines is 2. The third-order valence-electron chi connectivity index (χ3n) is 3.84. The first-order chi connectivity index (χ1) is 11.3. The molecule has 5 nitrogen and oxygen atoms in total. The summed E-state index contributed by atoms with van der Waals surface area (Å²) in [5.41, 5.74) is 2.40. The van der Waals surface area contributed by atoms with E-state index in [4.69, 9.17) is 0 Å². The van der Waals surface area contributed by atoms with Crippen LogP contribution in [0.5, 0.6) is 0 Å². The molecule has 0 aromatic heterocycles. The van der Waals surface area contributed by atoms with Gasteiger partial charge in [0.15, 0.2) is 0 Å². The van der Waals surface area contributed by atoms with E-state index < -0.39 is 10.0 Å². The van der Waals surface area contributed by atoms with Crippen LogP contribution in [0.15, 0.2) is 42.5 Å². The standard InChI is InChI=1S/C17H17FN2O3S/c1-24(22,23)19-15-7-4-12(5-8-15)17(21)20-10-2-3-13-11-14(18)6-9-16(13)20/h4-9,11,19H,2-3,10H2,1H3. The molecule has 3 rings (SSSR count). The van der Waals surface area contributed by atoms with Gasteiger partial charge in [-0.1, -0.05) is 0 Å². The van der Waals surface area contributed by atoms with Crippen molar-refractivity contribution < 1.29 is 17.6 Å². The van der Waals surface area contributed by atoms with Gasteiger partial charge in [0.1, 0.15) is 5.82 Å². The summed E-state index contributed by atoms with van der Waals surface area (Å²) in [6.07, 6.45) is 2.58. The minimum absolute atomic E-state index is 0.187. The highest BCUT2D eigenvalue weighted by Crippen LogP contribution is 2.29. The molecular weight excluding hydrogens is 331 g/mol. The Hall–Kier alpha value is -2.41. The predicted molar refractivity (Wildman–Crippen MR) is 91.3 cm³/mol. The van der Waals surface area contributed by atoms with E-state index in [1.54, 1.807) is 35.2 Å². The molecule has 1 heterocycles. The maximum absolute atomic E-state index is 13.4. The first-order valence-corrected chi connectivity index (χ1v) is 9.41. The number of fused-ring (bicyclic) bond motifs is 1. The molecule has 1 N–H and O–H groups in total. The number of nitrogens with zero attached hydrogens (tertiary/aromatic N) is 1. The second-order valence-electron chi connectivity index (χ2n) is 5.78. The average Bonchev–Trinajstić information content (AvgIpc) is 2.52.